The summed E-state index contributed by atoms with van der Waals surface area (Å²) < 4.78 is 51.1. The Kier molecular flexibility index (Phi) is 11.3. The van der Waals surface area contributed by atoms with Gasteiger partial charge in [-0.15, -0.1) is 0 Å². The number of morpholine rings is 1. The number of benzene rings is 2. The molecule has 0 radical (unpaired) electrons. The molecule has 5 rings (SSSR count). The molecule has 12 heteroatoms. The summed E-state index contributed by atoms with van der Waals surface area (Å²) in [6.07, 6.45) is -5.28. The number of carbonyl (C=O) groups is 4. The van der Waals surface area contributed by atoms with E-state index in [0.717, 1.165) is 5.56 Å². The standard InChI is InChI=1S/C35H42F3N3O6/c1-39-29(31(42)10-12-35(36,37)38)21-24-5-2-7-27(19-24)47-28-8-3-6-25(20-28)22-30(41-13-4-9-33(41)44)32(43)23-26(34(39)45)11-14-40-15-17-46-18-16-40/h2-3,5-8,19-20,26,29-30H,4,9-18,21-23H2,1H3/t26-,29+,30+/m1/s1. The fourth-order valence-corrected chi connectivity index (χ4v) is 6.65. The van der Waals surface area contributed by atoms with Crippen LogP contribution in [0.2, 0.25) is 0 Å². The van der Waals surface area contributed by atoms with E-state index in [9.17, 15) is 32.3 Å². The van der Waals surface area contributed by atoms with Gasteiger partial charge in [-0.25, -0.2) is 0 Å². The normalized spacial score (nSPS) is 23.6. The monoisotopic (exact) mass is 657 g/mol. The molecule has 2 fully saturated rings. The van der Waals surface area contributed by atoms with Crippen LogP contribution >= 0.6 is 0 Å². The molecule has 0 aromatic heterocycles. The third-order valence-corrected chi connectivity index (χ3v) is 9.28. The van der Waals surface area contributed by atoms with Gasteiger partial charge in [-0.2, -0.15) is 13.2 Å². The van der Waals surface area contributed by atoms with Crippen molar-refractivity contribution in [2.75, 3.05) is 46.4 Å². The highest BCUT2D eigenvalue weighted by atomic mass is 19.4. The first-order valence-corrected chi connectivity index (χ1v) is 16.3. The number of ketones is 2. The van der Waals surface area contributed by atoms with Crippen LogP contribution in [0.4, 0.5) is 13.2 Å². The molecule has 2 aromatic carbocycles. The van der Waals surface area contributed by atoms with E-state index < -0.39 is 48.7 Å². The molecule has 4 bridgehead atoms. The molecular formula is C35H42F3N3O6. The predicted octanol–water partition coefficient (Wildman–Crippen LogP) is 4.60. The van der Waals surface area contributed by atoms with Crippen LogP contribution in [0.25, 0.3) is 0 Å². The average molecular weight is 658 g/mol. The lowest BCUT2D eigenvalue weighted by molar-refractivity contribution is -0.149. The molecule has 0 unspecified atom stereocenters. The van der Waals surface area contributed by atoms with Crippen LogP contribution in [-0.4, -0.2) is 103 Å². The molecule has 47 heavy (non-hydrogen) atoms. The second-order valence-electron chi connectivity index (χ2n) is 12.7. The number of rotatable bonds is 7. The van der Waals surface area contributed by atoms with E-state index in [1.165, 1.54) is 11.9 Å². The summed E-state index contributed by atoms with van der Waals surface area (Å²) in [6.45, 7) is 3.37. The van der Waals surface area contributed by atoms with Crippen molar-refractivity contribution in [3.05, 3.63) is 59.7 Å². The molecule has 2 saturated heterocycles. The van der Waals surface area contributed by atoms with Crippen molar-refractivity contribution in [2.24, 2.45) is 5.92 Å². The van der Waals surface area contributed by atoms with E-state index >= 15 is 0 Å². The Bertz CT molecular complexity index is 1440. The van der Waals surface area contributed by atoms with Gasteiger partial charge in [0.1, 0.15) is 11.5 Å². The molecule has 0 spiro atoms. The van der Waals surface area contributed by atoms with Gasteiger partial charge in [-0.05, 0) is 54.8 Å². The van der Waals surface area contributed by atoms with E-state index in [4.69, 9.17) is 9.47 Å². The fourth-order valence-electron chi connectivity index (χ4n) is 6.65. The minimum Gasteiger partial charge on any atom is -0.457 e. The first kappa shape index (κ1) is 34.6. The highest BCUT2D eigenvalue weighted by Crippen LogP contribution is 2.29. The van der Waals surface area contributed by atoms with Gasteiger partial charge in [0.05, 0.1) is 31.7 Å². The number of likely N-dealkylation sites (tertiary alicyclic amines) is 1. The van der Waals surface area contributed by atoms with Crippen LogP contribution in [0.3, 0.4) is 0 Å². The first-order valence-electron chi connectivity index (χ1n) is 16.3. The van der Waals surface area contributed by atoms with E-state index in [0.29, 0.717) is 75.7 Å². The maximum absolute atomic E-state index is 14.3. The lowest BCUT2D eigenvalue weighted by Gasteiger charge is -2.34. The summed E-state index contributed by atoms with van der Waals surface area (Å²) in [5, 5.41) is 0. The summed E-state index contributed by atoms with van der Waals surface area (Å²) in [5.74, 6) is -1.46. The Morgan fingerprint density at radius 1 is 0.915 bits per heavy atom. The van der Waals surface area contributed by atoms with Gasteiger partial charge in [-0.3, -0.25) is 24.1 Å². The molecule has 3 atom stereocenters. The number of hydrogen-bond donors (Lipinski definition) is 0. The number of halogens is 3. The second kappa shape index (κ2) is 15.4. The van der Waals surface area contributed by atoms with Gasteiger partial charge < -0.3 is 19.3 Å². The maximum Gasteiger partial charge on any atom is 0.389 e. The molecule has 3 aliphatic heterocycles. The van der Waals surface area contributed by atoms with Crippen molar-refractivity contribution in [2.45, 2.75) is 69.6 Å². The van der Waals surface area contributed by atoms with Gasteiger partial charge in [0.25, 0.3) is 0 Å². The third kappa shape index (κ3) is 9.41. The number of fused-ring (bicyclic) bond motifs is 4. The lowest BCUT2D eigenvalue weighted by Crippen LogP contribution is -2.49. The van der Waals surface area contributed by atoms with E-state index in [1.807, 2.05) is 18.2 Å². The van der Waals surface area contributed by atoms with Crippen molar-refractivity contribution in [1.82, 2.24) is 14.7 Å². The highest BCUT2D eigenvalue weighted by Gasteiger charge is 2.38. The minimum absolute atomic E-state index is 0.0226. The largest absolute Gasteiger partial charge is 0.457 e. The minimum atomic E-state index is -4.53. The van der Waals surface area contributed by atoms with Crippen LogP contribution in [0.1, 0.15) is 49.7 Å². The first-order chi connectivity index (χ1) is 22.5. The lowest BCUT2D eigenvalue weighted by atomic mass is 9.89. The number of ether oxygens (including phenoxy) is 2. The van der Waals surface area contributed by atoms with Gasteiger partial charge in [0, 0.05) is 64.7 Å². The Hall–Kier alpha value is -3.77. The zero-order chi connectivity index (χ0) is 33.6. The SMILES string of the molecule is CN1C(=O)[C@H](CCN2CCOCC2)CC(=O)[C@@H](N2CCCC2=O)Cc2cccc(c2)Oc2cccc(c2)C[C@H]1C(=O)CCC(F)(F)F. The predicted molar refractivity (Wildman–Crippen MR) is 167 cm³/mol. The maximum atomic E-state index is 14.3. The quantitative estimate of drug-likeness (QED) is 0.430. The Labute approximate surface area is 273 Å². The molecule has 0 N–H and O–H groups in total. The molecule has 3 aliphatic rings. The van der Waals surface area contributed by atoms with Gasteiger partial charge in [0.15, 0.2) is 11.6 Å². The molecule has 0 saturated carbocycles. The molecule has 9 nitrogen and oxygen atoms in total. The summed E-state index contributed by atoms with van der Waals surface area (Å²) in [5.41, 5.74) is 1.41. The molecule has 2 aromatic rings. The van der Waals surface area contributed by atoms with Crippen molar-refractivity contribution in [3.8, 4) is 11.5 Å². The fraction of sp³-hybridized carbons (Fsp3) is 0.543. The molecule has 0 aliphatic carbocycles. The van der Waals surface area contributed by atoms with Gasteiger partial charge in [0.2, 0.25) is 11.8 Å². The van der Waals surface area contributed by atoms with Crippen LogP contribution in [-0.2, 0) is 36.8 Å². The number of Topliss-reactive ketones (excluding diaryl/α,β-unsaturated/α-hetero) is 2. The van der Waals surface area contributed by atoms with Crippen LogP contribution < -0.4 is 4.74 Å². The Morgan fingerprint density at radius 3 is 2.19 bits per heavy atom. The summed E-state index contributed by atoms with van der Waals surface area (Å²) in [6, 6.07) is 12.2. The third-order valence-electron chi connectivity index (χ3n) is 9.28. The summed E-state index contributed by atoms with van der Waals surface area (Å²) in [4.78, 5) is 59.8. The van der Waals surface area contributed by atoms with E-state index in [1.54, 1.807) is 35.2 Å². The smallest absolute Gasteiger partial charge is 0.389 e. The molecular weight excluding hydrogens is 615 g/mol. The molecule has 254 valence electrons. The summed E-state index contributed by atoms with van der Waals surface area (Å²) >= 11 is 0. The van der Waals surface area contributed by atoms with Crippen molar-refractivity contribution >= 4 is 23.4 Å². The Morgan fingerprint density at radius 2 is 1.57 bits per heavy atom. The van der Waals surface area contributed by atoms with E-state index in [-0.39, 0.29) is 31.0 Å². The van der Waals surface area contributed by atoms with Gasteiger partial charge in [-0.1, -0.05) is 24.3 Å². The number of likely N-dealkylation sites (N-methyl/N-ethyl adjacent to an activating group) is 1. The van der Waals surface area contributed by atoms with Crippen molar-refractivity contribution in [3.63, 3.8) is 0 Å². The highest BCUT2D eigenvalue weighted by molar-refractivity contribution is 5.95. The summed E-state index contributed by atoms with van der Waals surface area (Å²) in [7, 11) is 1.43. The Balaban J connectivity index is 1.53. The average Bonchev–Trinajstić information content (AvgIpc) is 3.47. The van der Waals surface area contributed by atoms with Crippen LogP contribution in [0, 0.1) is 5.92 Å². The number of carbonyl (C=O) groups excluding carboxylic acids is 4. The topological polar surface area (TPSA) is 96.5 Å². The zero-order valence-electron chi connectivity index (χ0n) is 26.7. The van der Waals surface area contributed by atoms with E-state index in [2.05, 4.69) is 4.90 Å². The van der Waals surface area contributed by atoms with Crippen molar-refractivity contribution in [1.29, 1.82) is 0 Å². The number of hydrogen-bond acceptors (Lipinski definition) is 7. The molecule has 3 heterocycles. The van der Waals surface area contributed by atoms with Crippen molar-refractivity contribution < 1.29 is 41.8 Å². The van der Waals surface area contributed by atoms with Crippen LogP contribution in [0.5, 0.6) is 11.5 Å². The number of alkyl halides is 3. The molecule has 2 amide bonds. The number of nitrogens with zero attached hydrogens (tertiary/aromatic N) is 3. The van der Waals surface area contributed by atoms with Gasteiger partial charge >= 0.3 is 6.18 Å². The van der Waals surface area contributed by atoms with Crippen LogP contribution in [0.15, 0.2) is 48.5 Å². The number of amides is 2. The zero-order valence-corrected chi connectivity index (χ0v) is 26.7. The second-order valence-corrected chi connectivity index (χ2v) is 12.7.